The number of nitrogens with two attached hydrogens (primary N) is 1. The SMILES string of the molecule is Cc1cccc(-c2onc(N)c2-c2ccncc2)c1. The Bertz CT molecular complexity index is 704. The number of benzene rings is 1. The second-order valence-corrected chi connectivity index (χ2v) is 4.38. The van der Waals surface area contributed by atoms with Gasteiger partial charge in [0.1, 0.15) is 0 Å². The summed E-state index contributed by atoms with van der Waals surface area (Å²) in [5.41, 5.74) is 9.81. The van der Waals surface area contributed by atoms with Crippen molar-refractivity contribution >= 4 is 5.82 Å². The molecule has 0 unspecified atom stereocenters. The van der Waals surface area contributed by atoms with E-state index in [0.717, 1.165) is 22.3 Å². The van der Waals surface area contributed by atoms with E-state index in [2.05, 4.69) is 10.1 Å². The Balaban J connectivity index is 2.19. The molecule has 4 heteroatoms. The van der Waals surface area contributed by atoms with Gasteiger partial charge in [-0.25, -0.2) is 0 Å². The van der Waals surface area contributed by atoms with Crippen LogP contribution in [0.1, 0.15) is 5.56 Å². The van der Waals surface area contributed by atoms with E-state index >= 15 is 0 Å². The molecule has 0 fully saturated rings. The lowest BCUT2D eigenvalue weighted by atomic mass is 10.0. The number of nitrogen functional groups attached to an aromatic ring is 1. The maximum atomic E-state index is 5.92. The van der Waals surface area contributed by atoms with Crippen molar-refractivity contribution in [2.45, 2.75) is 6.92 Å². The first-order valence-corrected chi connectivity index (χ1v) is 5.98. The van der Waals surface area contributed by atoms with E-state index in [1.165, 1.54) is 0 Å². The van der Waals surface area contributed by atoms with Crippen molar-refractivity contribution in [1.29, 1.82) is 0 Å². The van der Waals surface area contributed by atoms with Gasteiger partial charge in [0, 0.05) is 18.0 Å². The van der Waals surface area contributed by atoms with Crippen molar-refractivity contribution in [2.75, 3.05) is 5.73 Å². The number of rotatable bonds is 2. The minimum atomic E-state index is 0.391. The van der Waals surface area contributed by atoms with Crippen LogP contribution in [0.3, 0.4) is 0 Å². The summed E-state index contributed by atoms with van der Waals surface area (Å²) in [6.45, 7) is 2.04. The van der Waals surface area contributed by atoms with Crippen molar-refractivity contribution in [1.82, 2.24) is 10.1 Å². The summed E-state index contributed by atoms with van der Waals surface area (Å²) in [7, 11) is 0. The Kier molecular flexibility index (Phi) is 2.76. The quantitative estimate of drug-likeness (QED) is 0.759. The van der Waals surface area contributed by atoms with Gasteiger partial charge in [0.15, 0.2) is 11.6 Å². The number of pyridine rings is 1. The maximum Gasteiger partial charge on any atom is 0.176 e. The van der Waals surface area contributed by atoms with Crippen molar-refractivity contribution < 1.29 is 4.52 Å². The molecule has 94 valence electrons. The van der Waals surface area contributed by atoms with Crippen molar-refractivity contribution in [3.05, 3.63) is 54.4 Å². The van der Waals surface area contributed by atoms with Gasteiger partial charge in [-0.3, -0.25) is 4.98 Å². The third-order valence-corrected chi connectivity index (χ3v) is 2.97. The third kappa shape index (κ3) is 2.08. The van der Waals surface area contributed by atoms with Crippen LogP contribution in [0.15, 0.2) is 53.3 Å². The van der Waals surface area contributed by atoms with E-state index in [4.69, 9.17) is 10.3 Å². The molecule has 0 saturated carbocycles. The number of aromatic nitrogens is 2. The molecule has 3 aromatic rings. The number of nitrogens with zero attached hydrogens (tertiary/aromatic N) is 2. The highest BCUT2D eigenvalue weighted by atomic mass is 16.5. The zero-order chi connectivity index (χ0) is 13.2. The van der Waals surface area contributed by atoms with E-state index in [9.17, 15) is 0 Å². The molecule has 1 aromatic carbocycles. The fourth-order valence-corrected chi connectivity index (χ4v) is 2.08. The first-order chi connectivity index (χ1) is 9.25. The lowest BCUT2D eigenvalue weighted by Crippen LogP contribution is -1.89. The largest absolute Gasteiger partial charge is 0.380 e. The molecule has 0 bridgehead atoms. The Hall–Kier alpha value is -2.62. The minimum absolute atomic E-state index is 0.391. The van der Waals surface area contributed by atoms with E-state index in [1.54, 1.807) is 12.4 Å². The number of anilines is 1. The van der Waals surface area contributed by atoms with Crippen LogP contribution in [0.5, 0.6) is 0 Å². The lowest BCUT2D eigenvalue weighted by Gasteiger charge is -2.03. The van der Waals surface area contributed by atoms with Gasteiger partial charge in [-0.2, -0.15) is 0 Å². The summed E-state index contributed by atoms with van der Waals surface area (Å²) < 4.78 is 5.40. The second kappa shape index (κ2) is 4.57. The molecule has 2 N–H and O–H groups in total. The Morgan fingerprint density at radius 2 is 1.84 bits per heavy atom. The van der Waals surface area contributed by atoms with E-state index in [-0.39, 0.29) is 0 Å². The first kappa shape index (κ1) is 11.5. The Morgan fingerprint density at radius 3 is 2.58 bits per heavy atom. The predicted molar refractivity (Wildman–Crippen MR) is 74.3 cm³/mol. The summed E-state index contributed by atoms with van der Waals surface area (Å²) in [6, 6.07) is 11.8. The molecule has 3 rings (SSSR count). The molecule has 0 spiro atoms. The number of hydrogen-bond donors (Lipinski definition) is 1. The molecule has 0 aliphatic carbocycles. The molecule has 0 aliphatic rings. The molecule has 4 nitrogen and oxygen atoms in total. The Labute approximate surface area is 110 Å². The summed E-state index contributed by atoms with van der Waals surface area (Å²) in [5, 5.41) is 3.88. The van der Waals surface area contributed by atoms with Crippen LogP contribution in [-0.2, 0) is 0 Å². The van der Waals surface area contributed by atoms with Crippen LogP contribution in [0, 0.1) is 6.92 Å². The molecule has 0 atom stereocenters. The van der Waals surface area contributed by atoms with Crippen LogP contribution in [-0.4, -0.2) is 10.1 Å². The normalized spacial score (nSPS) is 10.6. The summed E-state index contributed by atoms with van der Waals surface area (Å²) in [6.07, 6.45) is 3.45. The van der Waals surface area contributed by atoms with Crippen LogP contribution in [0.4, 0.5) is 5.82 Å². The average molecular weight is 251 g/mol. The molecule has 0 amide bonds. The van der Waals surface area contributed by atoms with Crippen molar-refractivity contribution in [3.63, 3.8) is 0 Å². The fraction of sp³-hybridized carbons (Fsp3) is 0.0667. The zero-order valence-electron chi connectivity index (χ0n) is 10.5. The Morgan fingerprint density at radius 1 is 1.05 bits per heavy atom. The number of hydrogen-bond acceptors (Lipinski definition) is 4. The molecule has 2 aromatic heterocycles. The molecular formula is C15H13N3O. The van der Waals surface area contributed by atoms with E-state index < -0.39 is 0 Å². The average Bonchev–Trinajstić information content (AvgIpc) is 2.82. The minimum Gasteiger partial charge on any atom is -0.380 e. The summed E-state index contributed by atoms with van der Waals surface area (Å²) >= 11 is 0. The maximum absolute atomic E-state index is 5.92. The molecule has 19 heavy (non-hydrogen) atoms. The molecule has 0 saturated heterocycles. The molecule has 0 aliphatic heterocycles. The van der Waals surface area contributed by atoms with Gasteiger partial charge >= 0.3 is 0 Å². The van der Waals surface area contributed by atoms with Gasteiger partial charge in [-0.1, -0.05) is 28.9 Å². The summed E-state index contributed by atoms with van der Waals surface area (Å²) in [5.74, 6) is 1.08. The van der Waals surface area contributed by atoms with Gasteiger partial charge in [-0.05, 0) is 30.7 Å². The van der Waals surface area contributed by atoms with Crippen molar-refractivity contribution in [3.8, 4) is 22.5 Å². The van der Waals surface area contributed by atoms with Gasteiger partial charge < -0.3 is 10.3 Å². The van der Waals surface area contributed by atoms with Crippen LogP contribution in [0.25, 0.3) is 22.5 Å². The number of aryl methyl sites for hydroxylation is 1. The molecule has 2 heterocycles. The van der Waals surface area contributed by atoms with Gasteiger partial charge in [0.05, 0.1) is 5.56 Å². The smallest absolute Gasteiger partial charge is 0.176 e. The van der Waals surface area contributed by atoms with E-state index in [0.29, 0.717) is 11.6 Å². The highest BCUT2D eigenvalue weighted by Crippen LogP contribution is 2.36. The predicted octanol–water partition coefficient (Wildman–Crippen LogP) is 3.29. The van der Waals surface area contributed by atoms with E-state index in [1.807, 2.05) is 43.3 Å². The molecule has 0 radical (unpaired) electrons. The molecular weight excluding hydrogens is 238 g/mol. The van der Waals surface area contributed by atoms with Gasteiger partial charge in [0.25, 0.3) is 0 Å². The van der Waals surface area contributed by atoms with Gasteiger partial charge in [0.2, 0.25) is 0 Å². The first-order valence-electron chi connectivity index (χ1n) is 5.98. The third-order valence-electron chi connectivity index (χ3n) is 2.97. The monoisotopic (exact) mass is 251 g/mol. The van der Waals surface area contributed by atoms with Crippen LogP contribution >= 0.6 is 0 Å². The van der Waals surface area contributed by atoms with Crippen LogP contribution < -0.4 is 5.73 Å². The van der Waals surface area contributed by atoms with Crippen LogP contribution in [0.2, 0.25) is 0 Å². The van der Waals surface area contributed by atoms with Crippen molar-refractivity contribution in [2.24, 2.45) is 0 Å². The van der Waals surface area contributed by atoms with Gasteiger partial charge in [-0.15, -0.1) is 0 Å². The lowest BCUT2D eigenvalue weighted by molar-refractivity contribution is 0.436. The highest BCUT2D eigenvalue weighted by Gasteiger charge is 2.17. The fourth-order valence-electron chi connectivity index (χ4n) is 2.08. The zero-order valence-corrected chi connectivity index (χ0v) is 10.5. The standard InChI is InChI=1S/C15H13N3O/c1-10-3-2-4-12(9-10)14-13(15(16)18-19-14)11-5-7-17-8-6-11/h2-9H,1H3,(H2,16,18). The topological polar surface area (TPSA) is 64.9 Å². The summed E-state index contributed by atoms with van der Waals surface area (Å²) in [4.78, 5) is 4.01. The highest BCUT2D eigenvalue weighted by molar-refractivity contribution is 5.86. The second-order valence-electron chi connectivity index (χ2n) is 4.38.